The molecule has 18 heavy (non-hydrogen) atoms. The van der Waals surface area contributed by atoms with E-state index in [1.54, 1.807) is 93.0 Å². The molecule has 0 bridgehead atoms. The Kier molecular flexibility index (Phi) is 4.46. The van der Waals surface area contributed by atoms with Crippen LogP contribution in [-0.4, -0.2) is 14.2 Å². The molecule has 0 N–H and O–H groups in total. The van der Waals surface area contributed by atoms with Gasteiger partial charge in [0.05, 0.1) is 14.2 Å². The number of methoxy groups -OCH3 is 2. The highest BCUT2D eigenvalue weighted by Gasteiger charge is 2.18. The molecular weight excluding hydrogens is 385 g/mol. The van der Waals surface area contributed by atoms with Crippen LogP contribution < -0.4 is 9.47 Å². The van der Waals surface area contributed by atoms with Crippen molar-refractivity contribution in [2.24, 2.45) is 0 Å². The maximum Gasteiger partial charge on any atom is 0.158 e. The minimum atomic E-state index is 0.997. The first kappa shape index (κ1) is 13.6. The van der Waals surface area contributed by atoms with Gasteiger partial charge in [-0.05, 0) is 37.4 Å². The molecule has 0 aliphatic rings. The summed E-state index contributed by atoms with van der Waals surface area (Å²) in [5, 5.41) is 0. The second kappa shape index (κ2) is 5.92. The molecule has 0 fully saturated rings. The quantitative estimate of drug-likeness (QED) is 0.450. The lowest BCUT2D eigenvalue weighted by atomic mass is 10.3. The minimum absolute atomic E-state index is 0.997. The predicted molar refractivity (Wildman–Crippen MR) is 92.8 cm³/mol. The maximum absolute atomic E-state index is 5.64. The van der Waals surface area contributed by atoms with Crippen molar-refractivity contribution in [2.75, 3.05) is 14.2 Å². The Balaban J connectivity index is 2.62. The van der Waals surface area contributed by atoms with E-state index >= 15 is 0 Å². The summed E-state index contributed by atoms with van der Waals surface area (Å²) in [6.07, 6.45) is 0. The molecule has 0 amide bonds. The molecule has 2 aromatic heterocycles. The topological polar surface area (TPSA) is 18.5 Å². The van der Waals surface area contributed by atoms with Crippen LogP contribution in [0.5, 0.6) is 11.5 Å². The van der Waals surface area contributed by atoms with Crippen LogP contribution in [0.15, 0.2) is 0 Å². The summed E-state index contributed by atoms with van der Waals surface area (Å²) in [4.78, 5) is 0. The first-order valence-electron chi connectivity index (χ1n) is 4.54. The molecule has 0 aliphatic heterocycles. The lowest BCUT2D eigenvalue weighted by Gasteiger charge is -2.07. The minimum Gasteiger partial charge on any atom is -0.494 e. The Morgan fingerprint density at radius 2 is 0.944 bits per heavy atom. The molecular formula is C8H6O2S8. The van der Waals surface area contributed by atoms with Gasteiger partial charge in [-0.2, -0.15) is 0 Å². The molecule has 0 aliphatic carbocycles. The van der Waals surface area contributed by atoms with E-state index < -0.39 is 0 Å². The molecule has 0 saturated carbocycles. The standard InChI is InChI=1S/C8H6O2S8/c1-9-3-5-6(12-15-11-5)4(10-2)8-7(3)13-16-18-17-14-8/h1-2H3. The molecule has 3 aromatic rings. The second-order valence-corrected chi connectivity index (χ2v) is 14.4. The number of hydrogen-bond acceptors (Lipinski definition) is 10. The van der Waals surface area contributed by atoms with E-state index in [9.17, 15) is 0 Å². The Morgan fingerprint density at radius 3 is 1.33 bits per heavy atom. The van der Waals surface area contributed by atoms with Gasteiger partial charge in [-0.1, -0.05) is 41.4 Å². The molecule has 1 aromatic carbocycles. The van der Waals surface area contributed by atoms with E-state index in [0.29, 0.717) is 0 Å². The van der Waals surface area contributed by atoms with Crippen LogP contribution >= 0.6 is 78.7 Å². The van der Waals surface area contributed by atoms with Crippen molar-refractivity contribution in [1.82, 2.24) is 0 Å². The molecule has 98 valence electrons. The van der Waals surface area contributed by atoms with Gasteiger partial charge in [-0.3, -0.25) is 0 Å². The first-order chi connectivity index (χ1) is 8.86. The van der Waals surface area contributed by atoms with E-state index in [1.165, 1.54) is 18.8 Å². The van der Waals surface area contributed by atoms with Crippen molar-refractivity contribution in [1.29, 1.82) is 0 Å². The molecule has 0 spiro atoms. The maximum atomic E-state index is 5.64. The van der Waals surface area contributed by atoms with E-state index in [0.717, 1.165) is 11.5 Å². The number of hydrogen-bond donors (Lipinski definition) is 0. The van der Waals surface area contributed by atoms with Crippen LogP contribution in [0.4, 0.5) is 0 Å². The fourth-order valence-electron chi connectivity index (χ4n) is 1.48. The summed E-state index contributed by atoms with van der Waals surface area (Å²) in [5.41, 5.74) is 0. The van der Waals surface area contributed by atoms with E-state index in [2.05, 4.69) is 0 Å². The second-order valence-electron chi connectivity index (χ2n) is 2.99. The zero-order valence-electron chi connectivity index (χ0n) is 9.08. The van der Waals surface area contributed by atoms with Gasteiger partial charge in [0.1, 0.15) is 18.8 Å². The van der Waals surface area contributed by atoms with Crippen molar-refractivity contribution in [3.8, 4) is 11.5 Å². The molecule has 3 rings (SSSR count). The molecule has 0 saturated heterocycles. The van der Waals surface area contributed by atoms with E-state index in [4.69, 9.17) is 9.47 Å². The normalized spacial score (nSPS) is 10.8. The van der Waals surface area contributed by atoms with Gasteiger partial charge in [-0.15, -0.1) is 0 Å². The average Bonchev–Trinajstić information content (AvgIpc) is 2.73. The summed E-state index contributed by atoms with van der Waals surface area (Å²) in [6, 6.07) is 0. The van der Waals surface area contributed by atoms with Crippen LogP contribution in [0.2, 0.25) is 0 Å². The predicted octanol–water partition coefficient (Wildman–Crippen LogP) is 6.75. The number of ether oxygens (including phenoxy) is 2. The van der Waals surface area contributed by atoms with Gasteiger partial charge in [0, 0.05) is 0 Å². The van der Waals surface area contributed by atoms with Gasteiger partial charge in [0.2, 0.25) is 0 Å². The summed E-state index contributed by atoms with van der Waals surface area (Å²) >= 11 is 0. The van der Waals surface area contributed by atoms with Crippen molar-refractivity contribution in [2.45, 2.75) is 0 Å². The van der Waals surface area contributed by atoms with Crippen LogP contribution in [0.1, 0.15) is 0 Å². The zero-order chi connectivity index (χ0) is 12.5. The van der Waals surface area contributed by atoms with Crippen molar-refractivity contribution in [3.63, 3.8) is 0 Å². The summed E-state index contributed by atoms with van der Waals surface area (Å²) in [5.74, 6) is 1.99. The Morgan fingerprint density at radius 1 is 0.556 bits per heavy atom. The van der Waals surface area contributed by atoms with E-state index in [-0.39, 0.29) is 0 Å². The lowest BCUT2D eigenvalue weighted by molar-refractivity contribution is 0.419. The molecule has 0 unspecified atom stereocenters. The highest BCUT2D eigenvalue weighted by Crippen LogP contribution is 2.51. The SMILES string of the molecule is COc1c2sssssc2c(OC)c2sssc12. The summed E-state index contributed by atoms with van der Waals surface area (Å²) in [7, 11) is 17.6. The third-order valence-corrected chi connectivity index (χ3v) is 14.6. The molecule has 2 heterocycles. The number of rotatable bonds is 2. The monoisotopic (exact) mass is 390 g/mol. The third-order valence-electron chi connectivity index (χ3n) is 2.17. The van der Waals surface area contributed by atoms with E-state index in [1.807, 2.05) is 0 Å². The Bertz CT molecular complexity index is 674. The van der Waals surface area contributed by atoms with Crippen molar-refractivity contribution in [3.05, 3.63) is 0 Å². The Labute approximate surface area is 131 Å². The van der Waals surface area contributed by atoms with Crippen LogP contribution in [0, 0.1) is 0 Å². The van der Waals surface area contributed by atoms with Gasteiger partial charge in [0.15, 0.2) is 11.5 Å². The first-order valence-corrected chi connectivity index (χ1v) is 14.2. The highest BCUT2D eigenvalue weighted by atomic mass is 33.5. The van der Waals surface area contributed by atoms with Gasteiger partial charge >= 0.3 is 0 Å². The Hall–Kier alpha value is 0.580. The molecule has 2 nitrogen and oxygen atoms in total. The van der Waals surface area contributed by atoms with Crippen LogP contribution in [0.25, 0.3) is 18.8 Å². The highest BCUT2D eigenvalue weighted by molar-refractivity contribution is 8.15. The molecule has 0 atom stereocenters. The van der Waals surface area contributed by atoms with Crippen LogP contribution in [0.3, 0.4) is 0 Å². The van der Waals surface area contributed by atoms with Gasteiger partial charge in [0.25, 0.3) is 0 Å². The number of fused-ring (bicyclic) bond motifs is 2. The lowest BCUT2D eigenvalue weighted by Crippen LogP contribution is -1.87. The molecule has 0 radical (unpaired) electrons. The summed E-state index contributed by atoms with van der Waals surface area (Å²) < 4.78 is 16.1. The zero-order valence-corrected chi connectivity index (χ0v) is 15.6. The summed E-state index contributed by atoms with van der Waals surface area (Å²) in [6.45, 7) is 0. The fourth-order valence-corrected chi connectivity index (χ4v) is 15.3. The molecule has 10 heteroatoms. The van der Waals surface area contributed by atoms with Gasteiger partial charge in [-0.25, -0.2) is 0 Å². The third kappa shape index (κ3) is 2.22. The van der Waals surface area contributed by atoms with Crippen molar-refractivity contribution < 1.29 is 9.47 Å². The smallest absolute Gasteiger partial charge is 0.158 e. The average molecular weight is 391 g/mol. The largest absolute Gasteiger partial charge is 0.494 e. The van der Waals surface area contributed by atoms with Gasteiger partial charge < -0.3 is 9.47 Å². The fraction of sp³-hybridized carbons (Fsp3) is 0.250. The van der Waals surface area contributed by atoms with Crippen molar-refractivity contribution >= 4 is 97.5 Å². The number of benzene rings is 1. The van der Waals surface area contributed by atoms with Crippen LogP contribution in [-0.2, 0) is 0 Å².